The molecular formula is C12H24N2O. The van der Waals surface area contributed by atoms with Crippen LogP contribution < -0.4 is 11.1 Å². The average Bonchev–Trinajstić information content (AvgIpc) is 2.18. The number of carbonyl (C=O) groups is 1. The van der Waals surface area contributed by atoms with Crippen LogP contribution in [0.15, 0.2) is 0 Å². The minimum absolute atomic E-state index is 0.0432. The predicted octanol–water partition coefficient (Wildman–Crippen LogP) is 1.81. The second-order valence-corrected chi connectivity index (χ2v) is 5.27. The number of amides is 1. The molecule has 0 aromatic rings. The fourth-order valence-corrected chi connectivity index (χ4v) is 2.09. The van der Waals surface area contributed by atoms with Crippen molar-refractivity contribution in [3.8, 4) is 0 Å². The zero-order chi connectivity index (χ0) is 11.3. The van der Waals surface area contributed by atoms with E-state index in [-0.39, 0.29) is 5.91 Å². The molecule has 88 valence electrons. The highest BCUT2D eigenvalue weighted by molar-refractivity contribution is 5.84. The molecule has 3 heteroatoms. The van der Waals surface area contributed by atoms with Crippen molar-refractivity contribution < 1.29 is 4.79 Å². The van der Waals surface area contributed by atoms with Crippen molar-refractivity contribution in [3.05, 3.63) is 0 Å². The van der Waals surface area contributed by atoms with E-state index in [1.165, 1.54) is 32.1 Å². The normalized spacial score (nSPS) is 18.9. The summed E-state index contributed by atoms with van der Waals surface area (Å²) in [7, 11) is 0. The second-order valence-electron chi connectivity index (χ2n) is 5.27. The van der Waals surface area contributed by atoms with Gasteiger partial charge in [0.25, 0.3) is 0 Å². The van der Waals surface area contributed by atoms with Crippen molar-refractivity contribution in [1.29, 1.82) is 0 Å². The molecule has 0 atom stereocenters. The van der Waals surface area contributed by atoms with Crippen molar-refractivity contribution in [1.82, 2.24) is 5.32 Å². The Bertz CT molecular complexity index is 202. The number of carbonyl (C=O) groups excluding carboxylic acids is 1. The van der Waals surface area contributed by atoms with Crippen LogP contribution in [0.25, 0.3) is 0 Å². The molecule has 1 aliphatic carbocycles. The minimum Gasteiger partial charge on any atom is -0.355 e. The maximum absolute atomic E-state index is 11.5. The van der Waals surface area contributed by atoms with Crippen LogP contribution in [0.1, 0.15) is 52.4 Å². The summed E-state index contributed by atoms with van der Waals surface area (Å²) in [6.45, 7) is 4.26. The quantitative estimate of drug-likeness (QED) is 0.746. The van der Waals surface area contributed by atoms with Gasteiger partial charge in [-0.25, -0.2) is 0 Å². The van der Waals surface area contributed by atoms with Gasteiger partial charge in [-0.05, 0) is 26.2 Å². The van der Waals surface area contributed by atoms with Gasteiger partial charge in [-0.1, -0.05) is 32.1 Å². The summed E-state index contributed by atoms with van der Waals surface area (Å²) in [5, 5.41) is 2.91. The van der Waals surface area contributed by atoms with E-state index in [4.69, 9.17) is 5.73 Å². The van der Waals surface area contributed by atoms with Crippen LogP contribution >= 0.6 is 0 Å². The molecule has 0 aromatic carbocycles. The zero-order valence-corrected chi connectivity index (χ0v) is 10.0. The van der Waals surface area contributed by atoms with E-state index >= 15 is 0 Å². The van der Waals surface area contributed by atoms with E-state index in [1.54, 1.807) is 13.8 Å². The molecule has 3 nitrogen and oxygen atoms in total. The van der Waals surface area contributed by atoms with Crippen LogP contribution in [0.4, 0.5) is 0 Å². The molecule has 1 fully saturated rings. The van der Waals surface area contributed by atoms with E-state index in [9.17, 15) is 4.79 Å². The Morgan fingerprint density at radius 3 is 2.47 bits per heavy atom. The van der Waals surface area contributed by atoms with Gasteiger partial charge in [-0.15, -0.1) is 0 Å². The first kappa shape index (κ1) is 12.5. The molecular weight excluding hydrogens is 188 g/mol. The first-order valence-corrected chi connectivity index (χ1v) is 6.07. The summed E-state index contributed by atoms with van der Waals surface area (Å²) in [5.41, 5.74) is 4.94. The van der Waals surface area contributed by atoms with E-state index in [2.05, 4.69) is 5.32 Å². The number of hydrogen-bond acceptors (Lipinski definition) is 2. The molecule has 0 bridgehead atoms. The third-order valence-corrected chi connectivity index (χ3v) is 3.15. The van der Waals surface area contributed by atoms with Crippen LogP contribution in [0.3, 0.4) is 0 Å². The Kier molecular flexibility index (Phi) is 4.58. The minimum atomic E-state index is -0.743. The van der Waals surface area contributed by atoms with Crippen LogP contribution in [0.2, 0.25) is 0 Å². The van der Waals surface area contributed by atoms with Crippen LogP contribution in [0, 0.1) is 5.92 Å². The van der Waals surface area contributed by atoms with E-state index < -0.39 is 5.54 Å². The first-order valence-electron chi connectivity index (χ1n) is 6.07. The molecule has 1 amide bonds. The molecule has 0 aromatic heterocycles. The van der Waals surface area contributed by atoms with Crippen molar-refractivity contribution >= 4 is 5.91 Å². The maximum atomic E-state index is 11.5. The standard InChI is InChI=1S/C12H24N2O/c1-12(2,13)11(15)14-9-8-10-6-4-3-5-7-10/h10H,3-9,13H2,1-2H3,(H,14,15). The Morgan fingerprint density at radius 2 is 1.93 bits per heavy atom. The predicted molar refractivity (Wildman–Crippen MR) is 62.5 cm³/mol. The lowest BCUT2D eigenvalue weighted by Crippen LogP contribution is -2.49. The summed E-state index contributed by atoms with van der Waals surface area (Å²) in [5.74, 6) is 0.776. The Hall–Kier alpha value is -0.570. The van der Waals surface area contributed by atoms with Gasteiger partial charge in [0.05, 0.1) is 5.54 Å². The van der Waals surface area contributed by atoms with E-state index in [0.717, 1.165) is 18.9 Å². The topological polar surface area (TPSA) is 55.1 Å². The van der Waals surface area contributed by atoms with Gasteiger partial charge in [0.15, 0.2) is 0 Å². The Balaban J connectivity index is 2.12. The summed E-state index contributed by atoms with van der Waals surface area (Å²) in [6.07, 6.45) is 7.90. The third kappa shape index (κ3) is 4.65. The maximum Gasteiger partial charge on any atom is 0.239 e. The molecule has 15 heavy (non-hydrogen) atoms. The summed E-state index contributed by atoms with van der Waals surface area (Å²) >= 11 is 0. The van der Waals surface area contributed by atoms with Gasteiger partial charge in [-0.2, -0.15) is 0 Å². The lowest BCUT2D eigenvalue weighted by atomic mass is 9.87. The summed E-state index contributed by atoms with van der Waals surface area (Å²) < 4.78 is 0. The highest BCUT2D eigenvalue weighted by Gasteiger charge is 2.21. The van der Waals surface area contributed by atoms with Gasteiger partial charge in [0, 0.05) is 6.54 Å². The number of nitrogens with one attached hydrogen (secondary N) is 1. The number of rotatable bonds is 4. The highest BCUT2D eigenvalue weighted by Crippen LogP contribution is 2.25. The van der Waals surface area contributed by atoms with Crippen molar-refractivity contribution in [2.75, 3.05) is 6.54 Å². The Labute approximate surface area is 92.8 Å². The molecule has 1 saturated carbocycles. The lowest BCUT2D eigenvalue weighted by molar-refractivity contribution is -0.125. The van der Waals surface area contributed by atoms with Gasteiger partial charge in [-0.3, -0.25) is 4.79 Å². The van der Waals surface area contributed by atoms with Crippen LogP contribution in [-0.4, -0.2) is 18.0 Å². The second kappa shape index (κ2) is 5.50. The van der Waals surface area contributed by atoms with Crippen molar-refractivity contribution in [2.24, 2.45) is 11.7 Å². The molecule has 0 unspecified atom stereocenters. The van der Waals surface area contributed by atoms with E-state index in [1.807, 2.05) is 0 Å². The molecule has 1 aliphatic rings. The molecule has 0 spiro atoms. The van der Waals surface area contributed by atoms with Crippen LogP contribution in [0.5, 0.6) is 0 Å². The average molecular weight is 212 g/mol. The van der Waals surface area contributed by atoms with Gasteiger partial charge in [0.2, 0.25) is 5.91 Å². The zero-order valence-electron chi connectivity index (χ0n) is 10.0. The molecule has 1 rings (SSSR count). The smallest absolute Gasteiger partial charge is 0.239 e. The first-order chi connectivity index (χ1) is 7.00. The van der Waals surface area contributed by atoms with E-state index in [0.29, 0.717) is 0 Å². The fourth-order valence-electron chi connectivity index (χ4n) is 2.09. The summed E-state index contributed by atoms with van der Waals surface area (Å²) in [6, 6.07) is 0. The van der Waals surface area contributed by atoms with Crippen molar-refractivity contribution in [3.63, 3.8) is 0 Å². The third-order valence-electron chi connectivity index (χ3n) is 3.15. The largest absolute Gasteiger partial charge is 0.355 e. The summed E-state index contributed by atoms with van der Waals surface area (Å²) in [4.78, 5) is 11.5. The monoisotopic (exact) mass is 212 g/mol. The fraction of sp³-hybridized carbons (Fsp3) is 0.917. The van der Waals surface area contributed by atoms with Gasteiger partial charge in [0.1, 0.15) is 0 Å². The van der Waals surface area contributed by atoms with Gasteiger partial charge < -0.3 is 11.1 Å². The lowest BCUT2D eigenvalue weighted by Gasteiger charge is -2.23. The molecule has 0 saturated heterocycles. The Morgan fingerprint density at radius 1 is 1.33 bits per heavy atom. The highest BCUT2D eigenvalue weighted by atomic mass is 16.2. The molecule has 0 aliphatic heterocycles. The SMILES string of the molecule is CC(C)(N)C(=O)NCCC1CCCCC1. The molecule has 0 radical (unpaired) electrons. The van der Waals surface area contributed by atoms with Gasteiger partial charge >= 0.3 is 0 Å². The molecule has 3 N–H and O–H groups in total. The number of hydrogen-bond donors (Lipinski definition) is 2. The van der Waals surface area contributed by atoms with Crippen molar-refractivity contribution in [2.45, 2.75) is 57.9 Å². The molecule has 0 heterocycles. The number of nitrogens with two attached hydrogens (primary N) is 1. The van der Waals surface area contributed by atoms with Crippen LogP contribution in [-0.2, 0) is 4.79 Å².